The molecule has 0 atom stereocenters. The first-order valence-corrected chi connectivity index (χ1v) is 9.53. The summed E-state index contributed by atoms with van der Waals surface area (Å²) in [6.45, 7) is 0.769. The quantitative estimate of drug-likeness (QED) is 0.360. The van der Waals surface area contributed by atoms with Crippen LogP contribution in [0, 0.1) is 0 Å². The molecular weight excluding hydrogens is 378 g/mol. The Morgan fingerprint density at radius 1 is 1.00 bits per heavy atom. The number of carboxylic acids is 1. The van der Waals surface area contributed by atoms with Gasteiger partial charge < -0.3 is 20.5 Å². The van der Waals surface area contributed by atoms with Gasteiger partial charge in [-0.05, 0) is 36.9 Å². The Morgan fingerprint density at radius 3 is 2.40 bits per heavy atom. The zero-order valence-corrected chi connectivity index (χ0v) is 16.4. The molecule has 0 fully saturated rings. The van der Waals surface area contributed by atoms with Crippen LogP contribution in [0.15, 0.2) is 77.8 Å². The molecule has 1 heterocycles. The van der Waals surface area contributed by atoms with Crippen molar-refractivity contribution >= 4 is 28.3 Å². The van der Waals surface area contributed by atoms with E-state index in [-0.39, 0.29) is 11.4 Å². The second-order valence-corrected chi connectivity index (χ2v) is 6.94. The lowest BCUT2D eigenvalue weighted by atomic mass is 10.00. The zero-order valence-electron chi connectivity index (χ0n) is 16.4. The molecule has 0 radical (unpaired) electrons. The largest absolute Gasteiger partial charge is 0.494 e. The van der Waals surface area contributed by atoms with Gasteiger partial charge in [0.15, 0.2) is 5.88 Å². The van der Waals surface area contributed by atoms with E-state index in [0.717, 1.165) is 23.4 Å². The summed E-state index contributed by atoms with van der Waals surface area (Å²) in [7, 11) is 1.90. The molecule has 0 saturated carbocycles. The van der Waals surface area contributed by atoms with Gasteiger partial charge in [-0.25, -0.2) is 9.79 Å². The highest BCUT2D eigenvalue weighted by atomic mass is 16.4. The molecule has 6 heteroatoms. The van der Waals surface area contributed by atoms with Gasteiger partial charge in [0.2, 0.25) is 0 Å². The first-order chi connectivity index (χ1) is 14.6. The van der Waals surface area contributed by atoms with Crippen LogP contribution in [0.2, 0.25) is 0 Å². The van der Waals surface area contributed by atoms with Crippen molar-refractivity contribution in [2.45, 2.75) is 6.54 Å². The smallest absolute Gasteiger partial charge is 0.335 e. The molecule has 0 spiro atoms. The summed E-state index contributed by atoms with van der Waals surface area (Å²) in [6.07, 6.45) is 0. The Balaban J connectivity index is 1.89. The highest BCUT2D eigenvalue weighted by molar-refractivity contribution is 6.22. The van der Waals surface area contributed by atoms with Gasteiger partial charge in [0.25, 0.3) is 0 Å². The molecule has 0 saturated heterocycles. The Morgan fingerprint density at radius 2 is 1.73 bits per heavy atom. The van der Waals surface area contributed by atoms with Gasteiger partial charge in [0.05, 0.1) is 22.5 Å². The Bertz CT molecular complexity index is 1230. The number of aromatic nitrogens is 1. The minimum atomic E-state index is -1.02. The maximum atomic E-state index is 11.3. The molecule has 4 N–H and O–H groups in total. The number of carboxylic acid groups (broad SMARTS) is 1. The molecule has 6 nitrogen and oxygen atoms in total. The molecule has 3 aromatic carbocycles. The number of H-pyrrole nitrogens is 1. The van der Waals surface area contributed by atoms with Gasteiger partial charge in [0, 0.05) is 23.0 Å². The standard InChI is InChI=1S/C24H21N3O3/c1-25-14-15-7-10-18(11-8-15)26-22(16-5-3-2-4-6-16)21-19-12-9-17(24(29)30)13-20(19)27-23(21)28/h2-13,25,27-28H,14H2,1H3,(H,29,30). The fraction of sp³-hybridized carbons (Fsp3) is 0.0833. The van der Waals surface area contributed by atoms with E-state index in [4.69, 9.17) is 4.99 Å². The molecule has 0 aliphatic rings. The third-order valence-electron chi connectivity index (χ3n) is 4.87. The van der Waals surface area contributed by atoms with Crippen LogP contribution in [-0.2, 0) is 6.54 Å². The first-order valence-electron chi connectivity index (χ1n) is 9.53. The van der Waals surface area contributed by atoms with Crippen LogP contribution in [0.1, 0.15) is 27.0 Å². The Kier molecular flexibility index (Phi) is 5.32. The molecule has 0 bridgehead atoms. The maximum Gasteiger partial charge on any atom is 0.335 e. The lowest BCUT2D eigenvalue weighted by molar-refractivity contribution is 0.0697. The second-order valence-electron chi connectivity index (χ2n) is 6.94. The minimum Gasteiger partial charge on any atom is -0.494 e. The second kappa shape index (κ2) is 8.23. The average molecular weight is 399 g/mol. The summed E-state index contributed by atoms with van der Waals surface area (Å²) in [4.78, 5) is 19.0. The van der Waals surface area contributed by atoms with Gasteiger partial charge >= 0.3 is 5.97 Å². The average Bonchev–Trinajstić information content (AvgIpc) is 3.08. The number of aromatic amines is 1. The zero-order chi connectivity index (χ0) is 21.1. The van der Waals surface area contributed by atoms with Crippen molar-refractivity contribution in [3.05, 3.63) is 95.1 Å². The van der Waals surface area contributed by atoms with Crippen LogP contribution in [0.25, 0.3) is 10.9 Å². The summed E-state index contributed by atoms with van der Waals surface area (Å²) in [6, 6.07) is 22.2. The third kappa shape index (κ3) is 3.81. The number of carbonyl (C=O) groups is 1. The van der Waals surface area contributed by atoms with Gasteiger partial charge in [-0.1, -0.05) is 48.5 Å². The van der Waals surface area contributed by atoms with Gasteiger partial charge in [-0.15, -0.1) is 0 Å². The van der Waals surface area contributed by atoms with Crippen molar-refractivity contribution in [3.8, 4) is 5.88 Å². The fourth-order valence-corrected chi connectivity index (χ4v) is 3.44. The molecule has 1 aromatic heterocycles. The van der Waals surface area contributed by atoms with E-state index in [1.807, 2.05) is 61.6 Å². The van der Waals surface area contributed by atoms with Crippen molar-refractivity contribution in [3.63, 3.8) is 0 Å². The summed E-state index contributed by atoms with van der Waals surface area (Å²) in [5, 5.41) is 23.8. The molecule has 0 unspecified atom stereocenters. The molecule has 0 amide bonds. The van der Waals surface area contributed by atoms with Crippen LogP contribution in [0.4, 0.5) is 5.69 Å². The van der Waals surface area contributed by atoms with Crippen LogP contribution in [0.5, 0.6) is 5.88 Å². The van der Waals surface area contributed by atoms with Crippen molar-refractivity contribution < 1.29 is 15.0 Å². The molecule has 4 rings (SSSR count). The van der Waals surface area contributed by atoms with Gasteiger partial charge in [0.1, 0.15) is 0 Å². The van der Waals surface area contributed by atoms with Crippen LogP contribution < -0.4 is 5.32 Å². The van der Waals surface area contributed by atoms with Crippen molar-refractivity contribution in [1.82, 2.24) is 10.3 Å². The van der Waals surface area contributed by atoms with E-state index in [0.29, 0.717) is 22.2 Å². The van der Waals surface area contributed by atoms with E-state index >= 15 is 0 Å². The van der Waals surface area contributed by atoms with E-state index in [2.05, 4.69) is 10.3 Å². The minimum absolute atomic E-state index is 0.0538. The number of aliphatic imine (C=N–C) groups is 1. The predicted molar refractivity (Wildman–Crippen MR) is 118 cm³/mol. The number of aromatic hydroxyl groups is 1. The summed E-state index contributed by atoms with van der Waals surface area (Å²) in [5.41, 5.74) is 4.56. The molecule has 30 heavy (non-hydrogen) atoms. The van der Waals surface area contributed by atoms with E-state index in [1.54, 1.807) is 6.07 Å². The van der Waals surface area contributed by atoms with E-state index < -0.39 is 5.97 Å². The van der Waals surface area contributed by atoms with Crippen LogP contribution >= 0.6 is 0 Å². The van der Waals surface area contributed by atoms with Gasteiger partial charge in [-0.2, -0.15) is 0 Å². The van der Waals surface area contributed by atoms with E-state index in [9.17, 15) is 15.0 Å². The van der Waals surface area contributed by atoms with E-state index in [1.165, 1.54) is 12.1 Å². The highest BCUT2D eigenvalue weighted by Gasteiger charge is 2.19. The number of fused-ring (bicyclic) bond motifs is 1. The van der Waals surface area contributed by atoms with Crippen molar-refractivity contribution in [2.24, 2.45) is 4.99 Å². The van der Waals surface area contributed by atoms with Crippen molar-refractivity contribution in [1.29, 1.82) is 0 Å². The summed E-state index contributed by atoms with van der Waals surface area (Å²) in [5.74, 6) is -1.08. The normalized spacial score (nSPS) is 11.7. The highest BCUT2D eigenvalue weighted by Crippen LogP contribution is 2.32. The number of hydrogen-bond acceptors (Lipinski definition) is 4. The summed E-state index contributed by atoms with van der Waals surface area (Å²) < 4.78 is 0. The first kappa shape index (κ1) is 19.4. The van der Waals surface area contributed by atoms with Gasteiger partial charge in [-0.3, -0.25) is 0 Å². The number of hydrogen-bond donors (Lipinski definition) is 4. The number of nitrogens with one attached hydrogen (secondary N) is 2. The SMILES string of the molecule is CNCc1ccc(N=C(c2ccccc2)c2c(O)[nH]c3cc(C(=O)O)ccc23)cc1. The fourth-order valence-electron chi connectivity index (χ4n) is 3.44. The predicted octanol–water partition coefficient (Wildman–Crippen LogP) is 4.46. The van der Waals surface area contributed by atoms with Crippen molar-refractivity contribution in [2.75, 3.05) is 7.05 Å². The monoisotopic (exact) mass is 399 g/mol. The lowest BCUT2D eigenvalue weighted by Gasteiger charge is -2.08. The molecular formula is C24H21N3O3. The molecule has 0 aliphatic heterocycles. The Labute approximate surface area is 173 Å². The molecule has 0 aliphatic carbocycles. The third-order valence-corrected chi connectivity index (χ3v) is 4.87. The Hall–Kier alpha value is -3.90. The molecule has 150 valence electrons. The van der Waals surface area contributed by atoms with Crippen LogP contribution in [0.3, 0.4) is 0 Å². The topological polar surface area (TPSA) is 97.7 Å². The molecule has 4 aromatic rings. The maximum absolute atomic E-state index is 11.3. The number of aromatic carboxylic acids is 1. The summed E-state index contributed by atoms with van der Waals surface area (Å²) >= 11 is 0. The van der Waals surface area contributed by atoms with Crippen LogP contribution in [-0.4, -0.2) is 33.9 Å². The lowest BCUT2D eigenvalue weighted by Crippen LogP contribution is -2.04. The number of benzene rings is 3. The number of rotatable bonds is 6. The number of nitrogens with zero attached hydrogens (tertiary/aromatic N) is 1.